The summed E-state index contributed by atoms with van der Waals surface area (Å²) >= 11 is 0. The van der Waals surface area contributed by atoms with E-state index in [1.54, 1.807) is 0 Å². The number of hydrogen-bond acceptors (Lipinski definition) is 2. The van der Waals surface area contributed by atoms with E-state index in [1.165, 1.54) is 11.1 Å². The first kappa shape index (κ1) is 18.0. The van der Waals surface area contributed by atoms with Gasteiger partial charge in [0.1, 0.15) is 0 Å². The Labute approximate surface area is 134 Å². The van der Waals surface area contributed by atoms with Crippen LogP contribution in [-0.2, 0) is 11.3 Å². The number of amides is 1. The highest BCUT2D eigenvalue weighted by Gasteiger charge is 2.38. The Balaban J connectivity index is 0.00000220. The molecular weight excluding hydrogens is 284 g/mol. The number of nitrogens with zero attached hydrogens (tertiary/aromatic N) is 1. The highest BCUT2D eigenvalue weighted by molar-refractivity contribution is 5.85. The van der Waals surface area contributed by atoms with E-state index in [2.05, 4.69) is 25.1 Å². The maximum absolute atomic E-state index is 12.6. The van der Waals surface area contributed by atoms with Crippen LogP contribution in [0.15, 0.2) is 24.3 Å². The quantitative estimate of drug-likeness (QED) is 0.931. The molecule has 1 aliphatic carbocycles. The molecule has 21 heavy (non-hydrogen) atoms. The third-order valence-corrected chi connectivity index (χ3v) is 4.43. The molecule has 0 spiro atoms. The molecule has 1 amide bonds. The number of benzene rings is 1. The molecule has 118 valence electrons. The van der Waals surface area contributed by atoms with Gasteiger partial charge in [-0.05, 0) is 32.3 Å². The Morgan fingerprint density at radius 3 is 2.76 bits per heavy atom. The predicted molar refractivity (Wildman–Crippen MR) is 89.5 cm³/mol. The van der Waals surface area contributed by atoms with Gasteiger partial charge in [-0.25, -0.2) is 0 Å². The zero-order valence-corrected chi connectivity index (χ0v) is 14.1. The van der Waals surface area contributed by atoms with E-state index in [9.17, 15) is 4.79 Å². The summed E-state index contributed by atoms with van der Waals surface area (Å²) in [5, 5.41) is 0. The van der Waals surface area contributed by atoms with Gasteiger partial charge in [0.05, 0.1) is 5.92 Å². The Morgan fingerprint density at radius 1 is 1.43 bits per heavy atom. The minimum atomic E-state index is -0.351. The summed E-state index contributed by atoms with van der Waals surface area (Å²) in [7, 11) is 1.88. The lowest BCUT2D eigenvalue weighted by Crippen LogP contribution is -2.53. The normalized spacial score (nSPS) is 25.0. The van der Waals surface area contributed by atoms with Gasteiger partial charge in [-0.1, -0.05) is 42.7 Å². The number of nitrogens with two attached hydrogens (primary N) is 1. The van der Waals surface area contributed by atoms with Crippen molar-refractivity contribution in [1.29, 1.82) is 0 Å². The van der Waals surface area contributed by atoms with E-state index in [1.807, 2.05) is 24.9 Å². The third kappa shape index (κ3) is 4.45. The minimum Gasteiger partial charge on any atom is -0.341 e. The van der Waals surface area contributed by atoms with Gasteiger partial charge in [0.25, 0.3) is 0 Å². The number of aryl methyl sites for hydroxylation is 1. The molecule has 3 nitrogen and oxygen atoms in total. The summed E-state index contributed by atoms with van der Waals surface area (Å²) < 4.78 is 0. The van der Waals surface area contributed by atoms with Crippen LogP contribution in [0.2, 0.25) is 0 Å². The molecule has 0 heterocycles. The lowest BCUT2D eigenvalue weighted by molar-refractivity contribution is -0.138. The fourth-order valence-electron chi connectivity index (χ4n) is 3.19. The number of halogens is 1. The van der Waals surface area contributed by atoms with Crippen molar-refractivity contribution in [1.82, 2.24) is 4.90 Å². The Kier molecular flexibility index (Phi) is 6.24. The van der Waals surface area contributed by atoms with Crippen molar-refractivity contribution in [3.05, 3.63) is 35.4 Å². The summed E-state index contributed by atoms with van der Waals surface area (Å²) in [5.74, 6) is 0.155. The second-order valence-electron chi connectivity index (χ2n) is 6.49. The molecule has 0 aliphatic heterocycles. The molecule has 2 rings (SSSR count). The fourth-order valence-corrected chi connectivity index (χ4v) is 3.19. The number of hydrogen-bond donors (Lipinski definition) is 1. The minimum absolute atomic E-state index is 0. The first-order valence-electron chi connectivity index (χ1n) is 7.49. The van der Waals surface area contributed by atoms with Crippen molar-refractivity contribution in [2.75, 3.05) is 7.05 Å². The molecule has 2 unspecified atom stereocenters. The van der Waals surface area contributed by atoms with E-state index in [4.69, 9.17) is 5.73 Å². The van der Waals surface area contributed by atoms with Gasteiger partial charge in [0.2, 0.25) is 5.91 Å². The zero-order valence-electron chi connectivity index (χ0n) is 13.3. The zero-order chi connectivity index (χ0) is 14.8. The lowest BCUT2D eigenvalue weighted by atomic mass is 9.74. The molecule has 1 saturated carbocycles. The van der Waals surface area contributed by atoms with Crippen molar-refractivity contribution in [2.24, 2.45) is 11.7 Å². The maximum atomic E-state index is 12.6. The third-order valence-electron chi connectivity index (χ3n) is 4.43. The van der Waals surface area contributed by atoms with Crippen LogP contribution in [0.1, 0.15) is 43.7 Å². The Hall–Kier alpha value is -1.06. The first-order valence-corrected chi connectivity index (χ1v) is 7.49. The molecule has 2 N–H and O–H groups in total. The van der Waals surface area contributed by atoms with Crippen LogP contribution in [0.5, 0.6) is 0 Å². The second kappa shape index (κ2) is 7.28. The monoisotopic (exact) mass is 310 g/mol. The number of carbonyl (C=O) groups is 1. The molecule has 1 fully saturated rings. The van der Waals surface area contributed by atoms with Gasteiger partial charge in [-0.3, -0.25) is 4.79 Å². The van der Waals surface area contributed by atoms with Crippen LogP contribution >= 0.6 is 12.4 Å². The molecule has 1 aliphatic rings. The predicted octanol–water partition coefficient (Wildman–Crippen LogP) is 3.28. The topological polar surface area (TPSA) is 46.3 Å². The van der Waals surface area contributed by atoms with Crippen molar-refractivity contribution < 1.29 is 4.79 Å². The fraction of sp³-hybridized carbons (Fsp3) is 0.588. The van der Waals surface area contributed by atoms with Crippen molar-refractivity contribution >= 4 is 18.3 Å². The average Bonchev–Trinajstić information content (AvgIpc) is 2.37. The first-order chi connectivity index (χ1) is 9.40. The van der Waals surface area contributed by atoms with Crippen molar-refractivity contribution in [2.45, 2.75) is 51.6 Å². The van der Waals surface area contributed by atoms with Crippen molar-refractivity contribution in [3.63, 3.8) is 0 Å². The molecule has 0 bridgehead atoms. The summed E-state index contributed by atoms with van der Waals surface area (Å²) in [5.41, 5.74) is 8.38. The van der Waals surface area contributed by atoms with Gasteiger partial charge in [-0.2, -0.15) is 0 Å². The van der Waals surface area contributed by atoms with Crippen LogP contribution in [0.25, 0.3) is 0 Å². The molecule has 1 aromatic rings. The lowest BCUT2D eigenvalue weighted by Gasteiger charge is -2.39. The second-order valence-corrected chi connectivity index (χ2v) is 6.49. The molecule has 1 aromatic carbocycles. The van der Waals surface area contributed by atoms with Crippen LogP contribution in [0.3, 0.4) is 0 Å². The van der Waals surface area contributed by atoms with Crippen LogP contribution in [0, 0.1) is 12.8 Å². The van der Waals surface area contributed by atoms with Gasteiger partial charge >= 0.3 is 0 Å². The maximum Gasteiger partial charge on any atom is 0.227 e. The standard InChI is InChI=1S/C17H26N2O.ClH/c1-13-7-6-8-14(11-13)12-19(3)16(20)15-9-4-5-10-17(15,2)18;/h6-8,11,15H,4-5,9-10,12,18H2,1-3H3;1H. The Bertz CT molecular complexity index is 487. The van der Waals surface area contributed by atoms with E-state index in [0.717, 1.165) is 25.7 Å². The van der Waals surface area contributed by atoms with Crippen molar-refractivity contribution in [3.8, 4) is 0 Å². The van der Waals surface area contributed by atoms with Gasteiger partial charge in [0, 0.05) is 19.1 Å². The van der Waals surface area contributed by atoms with E-state index < -0.39 is 0 Å². The van der Waals surface area contributed by atoms with Crippen LogP contribution in [-0.4, -0.2) is 23.4 Å². The largest absolute Gasteiger partial charge is 0.341 e. The smallest absolute Gasteiger partial charge is 0.227 e. The average molecular weight is 311 g/mol. The van der Waals surface area contributed by atoms with Crippen LogP contribution < -0.4 is 5.73 Å². The molecule has 0 radical (unpaired) electrons. The Morgan fingerprint density at radius 2 is 2.14 bits per heavy atom. The van der Waals surface area contributed by atoms with E-state index in [0.29, 0.717) is 6.54 Å². The molecule has 4 heteroatoms. The molecule has 0 aromatic heterocycles. The van der Waals surface area contributed by atoms with Gasteiger partial charge in [0.15, 0.2) is 0 Å². The molecule has 0 saturated heterocycles. The number of carbonyl (C=O) groups excluding carboxylic acids is 1. The highest BCUT2D eigenvalue weighted by Crippen LogP contribution is 2.32. The van der Waals surface area contributed by atoms with Gasteiger partial charge in [-0.15, -0.1) is 12.4 Å². The summed E-state index contributed by atoms with van der Waals surface area (Å²) in [6, 6.07) is 8.31. The van der Waals surface area contributed by atoms with Crippen LogP contribution in [0.4, 0.5) is 0 Å². The number of rotatable bonds is 3. The molecule has 2 atom stereocenters. The summed E-state index contributed by atoms with van der Waals surface area (Å²) in [4.78, 5) is 14.5. The highest BCUT2D eigenvalue weighted by atomic mass is 35.5. The summed E-state index contributed by atoms with van der Waals surface area (Å²) in [6.07, 6.45) is 4.12. The van der Waals surface area contributed by atoms with E-state index >= 15 is 0 Å². The summed E-state index contributed by atoms with van der Waals surface area (Å²) in [6.45, 7) is 4.76. The SMILES string of the molecule is Cc1cccc(CN(C)C(=O)C2CCCCC2(C)N)c1.Cl. The van der Waals surface area contributed by atoms with E-state index in [-0.39, 0.29) is 29.8 Å². The van der Waals surface area contributed by atoms with Gasteiger partial charge < -0.3 is 10.6 Å². The molecular formula is C17H27ClN2O.